The number of esters is 1. The normalized spacial score (nSPS) is 18.5. The number of rotatable bonds is 65. The predicted octanol–water partition coefficient (Wildman–Crippen LogP) is 19.9. The molecular weight excluding hydrogens is 1110 g/mol. The molecule has 0 radical (unpaired) electrons. The molecule has 1 rings (SSSR count). The molecule has 1 aliphatic heterocycles. The summed E-state index contributed by atoms with van der Waals surface area (Å²) >= 11 is 0. The molecule has 1 aliphatic rings. The topological polar surface area (TPSA) is 175 Å². The molecule has 8 atom stereocenters. The van der Waals surface area contributed by atoms with Gasteiger partial charge in [-0.2, -0.15) is 0 Å². The van der Waals surface area contributed by atoms with Crippen LogP contribution in [0.3, 0.4) is 0 Å². The number of amides is 1. The van der Waals surface area contributed by atoms with E-state index in [0.717, 1.165) is 83.5 Å². The first-order valence-corrected chi connectivity index (χ1v) is 37.7. The van der Waals surface area contributed by atoms with Gasteiger partial charge in [-0.3, -0.25) is 9.59 Å². The summed E-state index contributed by atoms with van der Waals surface area (Å²) in [6, 6.07) is -1.03. The highest BCUT2D eigenvalue weighted by molar-refractivity contribution is 5.80. The van der Waals surface area contributed by atoms with Crippen LogP contribution in [0.15, 0.2) is 72.9 Å². The van der Waals surface area contributed by atoms with Gasteiger partial charge in [-0.15, -0.1) is 0 Å². The highest BCUT2D eigenvalue weighted by Gasteiger charge is 2.47. The maximum absolute atomic E-state index is 13.5. The highest BCUT2D eigenvalue weighted by Crippen LogP contribution is 2.26. The molecule has 0 aliphatic carbocycles. The molecule has 0 bridgehead atoms. The zero-order valence-electron chi connectivity index (χ0n) is 57.8. The first kappa shape index (κ1) is 84.1. The van der Waals surface area contributed by atoms with Crippen LogP contribution in [-0.4, -0.2) is 99.6 Å². The Morgan fingerprint density at radius 3 is 1.18 bits per heavy atom. The van der Waals surface area contributed by atoms with Gasteiger partial charge in [0, 0.05) is 6.42 Å². The lowest BCUT2D eigenvalue weighted by Gasteiger charge is -2.41. The van der Waals surface area contributed by atoms with Crippen molar-refractivity contribution in [2.24, 2.45) is 0 Å². The van der Waals surface area contributed by atoms with Crippen LogP contribution in [0.5, 0.6) is 0 Å². The van der Waals surface area contributed by atoms with E-state index in [1.165, 1.54) is 218 Å². The molecule has 8 unspecified atom stereocenters. The molecular formula is C78H141NO10. The van der Waals surface area contributed by atoms with Crippen LogP contribution in [0, 0.1) is 0 Å². The number of allylic oxidation sites excluding steroid dienone is 11. The number of aliphatic hydroxyl groups is 5. The van der Waals surface area contributed by atoms with Crippen LogP contribution < -0.4 is 5.32 Å². The van der Waals surface area contributed by atoms with E-state index in [9.17, 15) is 35.1 Å². The Morgan fingerprint density at radius 2 is 0.775 bits per heavy atom. The van der Waals surface area contributed by atoms with Gasteiger partial charge in [0.2, 0.25) is 5.91 Å². The molecule has 0 spiro atoms. The minimum Gasteiger partial charge on any atom is -0.454 e. The van der Waals surface area contributed by atoms with Gasteiger partial charge in [0.25, 0.3) is 0 Å². The lowest BCUT2D eigenvalue weighted by Crippen LogP contribution is -2.61. The Hall–Kier alpha value is -2.90. The van der Waals surface area contributed by atoms with Crippen molar-refractivity contribution in [2.75, 3.05) is 13.2 Å². The molecule has 11 nitrogen and oxygen atoms in total. The van der Waals surface area contributed by atoms with Gasteiger partial charge in [0.1, 0.15) is 24.4 Å². The third kappa shape index (κ3) is 52.2. The van der Waals surface area contributed by atoms with E-state index in [1.807, 2.05) is 6.08 Å². The number of carbonyl (C=O) groups is 2. The third-order valence-electron chi connectivity index (χ3n) is 17.6. The molecule has 1 saturated heterocycles. The second-order valence-corrected chi connectivity index (χ2v) is 26.0. The van der Waals surface area contributed by atoms with Crippen molar-refractivity contribution in [1.29, 1.82) is 0 Å². The number of ether oxygens (including phenoxy) is 3. The predicted molar refractivity (Wildman–Crippen MR) is 375 cm³/mol. The molecule has 0 aromatic carbocycles. The van der Waals surface area contributed by atoms with Gasteiger partial charge in [0.05, 0.1) is 25.4 Å². The smallest absolute Gasteiger partial charge is 0.306 e. The summed E-state index contributed by atoms with van der Waals surface area (Å²) in [4.78, 5) is 26.7. The second-order valence-electron chi connectivity index (χ2n) is 26.0. The Morgan fingerprint density at radius 1 is 0.438 bits per heavy atom. The molecule has 1 fully saturated rings. The molecule has 518 valence electrons. The molecule has 1 amide bonds. The summed E-state index contributed by atoms with van der Waals surface area (Å²) in [5.74, 6) is -1.19. The fraction of sp³-hybridized carbons (Fsp3) is 0.821. The summed E-state index contributed by atoms with van der Waals surface area (Å²) in [7, 11) is 0. The minimum absolute atomic E-state index is 0.122. The molecule has 0 aromatic heterocycles. The maximum Gasteiger partial charge on any atom is 0.306 e. The van der Waals surface area contributed by atoms with Crippen LogP contribution in [0.2, 0.25) is 0 Å². The summed E-state index contributed by atoms with van der Waals surface area (Å²) < 4.78 is 17.7. The fourth-order valence-electron chi connectivity index (χ4n) is 11.6. The summed E-state index contributed by atoms with van der Waals surface area (Å²) in [6.45, 7) is 5.79. The van der Waals surface area contributed by atoms with Gasteiger partial charge in [0.15, 0.2) is 12.4 Å². The number of unbranched alkanes of at least 4 members (excludes halogenated alkanes) is 41. The Bertz CT molecular complexity index is 1730. The van der Waals surface area contributed by atoms with E-state index in [-0.39, 0.29) is 19.4 Å². The Kier molecular flexibility index (Phi) is 61.6. The Labute approximate surface area is 547 Å². The van der Waals surface area contributed by atoms with E-state index >= 15 is 0 Å². The van der Waals surface area contributed by atoms with E-state index in [2.05, 4.69) is 86.8 Å². The summed E-state index contributed by atoms with van der Waals surface area (Å²) in [5, 5.41) is 57.4. The van der Waals surface area contributed by atoms with Crippen LogP contribution in [0.25, 0.3) is 0 Å². The zero-order chi connectivity index (χ0) is 64.6. The Balaban J connectivity index is 2.56. The van der Waals surface area contributed by atoms with Crippen LogP contribution in [0.1, 0.15) is 348 Å². The van der Waals surface area contributed by atoms with Crippen molar-refractivity contribution >= 4 is 11.9 Å². The van der Waals surface area contributed by atoms with E-state index in [0.29, 0.717) is 12.8 Å². The first-order chi connectivity index (χ1) is 43.7. The van der Waals surface area contributed by atoms with Gasteiger partial charge in [-0.05, 0) is 96.3 Å². The number of hydrogen-bond acceptors (Lipinski definition) is 10. The molecule has 89 heavy (non-hydrogen) atoms. The van der Waals surface area contributed by atoms with E-state index < -0.39 is 67.4 Å². The number of aliphatic hydroxyl groups excluding tert-OH is 5. The lowest BCUT2D eigenvalue weighted by atomic mass is 9.99. The fourth-order valence-corrected chi connectivity index (χ4v) is 11.6. The van der Waals surface area contributed by atoms with Gasteiger partial charge < -0.3 is 45.1 Å². The second kappa shape index (κ2) is 65.2. The number of nitrogens with one attached hydrogen (secondary N) is 1. The third-order valence-corrected chi connectivity index (χ3v) is 17.6. The summed E-state index contributed by atoms with van der Waals surface area (Å²) in [5.41, 5.74) is 0. The number of carbonyl (C=O) groups excluding carboxylic acids is 2. The van der Waals surface area contributed by atoms with Crippen molar-refractivity contribution in [3.63, 3.8) is 0 Å². The average molecular weight is 1250 g/mol. The molecule has 1 heterocycles. The average Bonchev–Trinajstić information content (AvgIpc) is 3.11. The SMILES string of the molecule is CCCCC/C=C\C/C=C\C/C=C\CCCCCCCCCCCCCC(O)C(=O)NC(COC1OC(CO)C(O)C(O)C1OC(=O)CCCCCCCCCCCCCCC/C=C\C/C=C\CCCCC)C(O)/C=C/CCCCCCCCCCCCC. The zero-order valence-corrected chi connectivity index (χ0v) is 57.8. The lowest BCUT2D eigenvalue weighted by molar-refractivity contribution is -0.305. The molecule has 11 heteroatoms. The van der Waals surface area contributed by atoms with Gasteiger partial charge >= 0.3 is 5.97 Å². The van der Waals surface area contributed by atoms with Crippen molar-refractivity contribution in [1.82, 2.24) is 5.32 Å². The monoisotopic (exact) mass is 1250 g/mol. The van der Waals surface area contributed by atoms with Gasteiger partial charge in [-0.1, -0.05) is 318 Å². The van der Waals surface area contributed by atoms with Crippen molar-refractivity contribution in [3.05, 3.63) is 72.9 Å². The molecule has 6 N–H and O–H groups in total. The minimum atomic E-state index is -1.62. The number of hydrogen-bond donors (Lipinski definition) is 6. The molecule has 0 aromatic rings. The quantitative estimate of drug-likeness (QED) is 0.0195. The highest BCUT2D eigenvalue weighted by atomic mass is 16.7. The summed E-state index contributed by atoms with van der Waals surface area (Å²) in [6.07, 6.45) is 75.1. The standard InChI is InChI=1S/C78H141NO10/c1-4-7-10-13-16-19-22-25-27-29-31-33-35-37-38-40-42-44-47-50-53-56-59-62-65-71(82)77(86)79-69(70(81)64-61-58-55-52-49-46-24-21-18-15-12-9-6-3)68-87-78-76(75(85)74(84)72(67-80)88-78)89-73(83)66-63-60-57-54-51-48-45-43-41-39-36-34-32-30-28-26-23-20-17-14-11-8-5-2/h16-17,19-20,25-28,31,33,61,64,69-72,74-76,78,80-82,84-85H,4-15,18,21-24,29-30,32,34-60,62-63,65-68H2,1-3H3,(H,79,86)/b19-16-,20-17-,27-25-,28-26-,33-31-,64-61+. The van der Waals surface area contributed by atoms with Crippen LogP contribution >= 0.6 is 0 Å². The van der Waals surface area contributed by atoms with Crippen LogP contribution in [-0.2, 0) is 23.8 Å². The maximum atomic E-state index is 13.5. The van der Waals surface area contributed by atoms with Crippen molar-refractivity contribution in [2.45, 2.75) is 397 Å². The first-order valence-electron chi connectivity index (χ1n) is 37.7. The molecule has 0 saturated carbocycles. The van der Waals surface area contributed by atoms with Crippen molar-refractivity contribution in [3.8, 4) is 0 Å². The van der Waals surface area contributed by atoms with Crippen molar-refractivity contribution < 1.29 is 49.3 Å². The largest absolute Gasteiger partial charge is 0.454 e. The van der Waals surface area contributed by atoms with E-state index in [4.69, 9.17) is 14.2 Å². The van der Waals surface area contributed by atoms with E-state index in [1.54, 1.807) is 6.08 Å². The van der Waals surface area contributed by atoms with Gasteiger partial charge in [-0.25, -0.2) is 0 Å². The van der Waals surface area contributed by atoms with Crippen LogP contribution in [0.4, 0.5) is 0 Å².